The first-order chi connectivity index (χ1) is 10.0. The molecule has 1 fully saturated rings. The number of halogens is 3. The Labute approximate surface area is 120 Å². The van der Waals surface area contributed by atoms with Crippen molar-refractivity contribution in [3.05, 3.63) is 23.8 Å². The topological polar surface area (TPSA) is 33.7 Å². The van der Waals surface area contributed by atoms with Crippen LogP contribution in [0.5, 0.6) is 11.5 Å². The van der Waals surface area contributed by atoms with Gasteiger partial charge < -0.3 is 14.8 Å². The van der Waals surface area contributed by atoms with Crippen LogP contribution in [0.1, 0.15) is 18.0 Å². The summed E-state index contributed by atoms with van der Waals surface area (Å²) in [4.78, 5) is 1.88. The van der Waals surface area contributed by atoms with Crippen LogP contribution in [0.3, 0.4) is 0 Å². The van der Waals surface area contributed by atoms with Gasteiger partial charge in [-0.2, -0.15) is 13.2 Å². The highest BCUT2D eigenvalue weighted by molar-refractivity contribution is 5.45. The Hall–Kier alpha value is -1.47. The van der Waals surface area contributed by atoms with E-state index in [4.69, 9.17) is 9.47 Å². The van der Waals surface area contributed by atoms with Crippen LogP contribution >= 0.6 is 0 Å². The molecule has 1 aromatic carbocycles. The predicted molar refractivity (Wildman–Crippen MR) is 70.4 cm³/mol. The summed E-state index contributed by atoms with van der Waals surface area (Å²) < 4.78 is 49.3. The van der Waals surface area contributed by atoms with Crippen molar-refractivity contribution in [3.8, 4) is 11.5 Å². The van der Waals surface area contributed by atoms with E-state index in [1.807, 2.05) is 4.90 Å². The summed E-state index contributed by atoms with van der Waals surface area (Å²) >= 11 is 0. The normalized spacial score (nSPS) is 20.5. The van der Waals surface area contributed by atoms with Gasteiger partial charge in [0, 0.05) is 32.2 Å². The molecule has 0 aromatic heterocycles. The molecule has 0 saturated carbocycles. The van der Waals surface area contributed by atoms with Crippen molar-refractivity contribution < 1.29 is 22.6 Å². The number of hydrogen-bond acceptors (Lipinski definition) is 4. The van der Waals surface area contributed by atoms with Crippen LogP contribution < -0.4 is 14.8 Å². The maximum absolute atomic E-state index is 12.9. The smallest absolute Gasteiger partial charge is 0.390 e. The number of piperazine rings is 1. The highest BCUT2D eigenvalue weighted by atomic mass is 19.4. The van der Waals surface area contributed by atoms with E-state index in [0.29, 0.717) is 43.2 Å². The minimum absolute atomic E-state index is 0.121. The van der Waals surface area contributed by atoms with E-state index in [-0.39, 0.29) is 6.79 Å². The summed E-state index contributed by atoms with van der Waals surface area (Å²) in [6.45, 7) is 2.75. The molecule has 0 radical (unpaired) electrons. The number of rotatable bonds is 3. The molecule has 4 nitrogen and oxygen atoms in total. The second-order valence-electron chi connectivity index (χ2n) is 5.23. The molecule has 1 saturated heterocycles. The minimum atomic E-state index is -4.20. The van der Waals surface area contributed by atoms with Gasteiger partial charge >= 0.3 is 6.18 Å². The number of hydrogen-bond donors (Lipinski definition) is 1. The van der Waals surface area contributed by atoms with Gasteiger partial charge in [0.25, 0.3) is 0 Å². The Morgan fingerprint density at radius 2 is 1.86 bits per heavy atom. The molecule has 2 aliphatic rings. The van der Waals surface area contributed by atoms with Gasteiger partial charge in [-0.05, 0) is 17.7 Å². The number of nitrogens with one attached hydrogen (secondary N) is 1. The maximum Gasteiger partial charge on any atom is 0.390 e. The summed E-state index contributed by atoms with van der Waals surface area (Å²) in [7, 11) is 0. The molecule has 116 valence electrons. The first kappa shape index (κ1) is 14.5. The molecule has 0 spiro atoms. The number of alkyl halides is 3. The monoisotopic (exact) mass is 302 g/mol. The van der Waals surface area contributed by atoms with Gasteiger partial charge in [-0.1, -0.05) is 6.07 Å². The highest BCUT2D eigenvalue weighted by Gasteiger charge is 2.36. The first-order valence-corrected chi connectivity index (χ1v) is 6.94. The van der Waals surface area contributed by atoms with E-state index in [9.17, 15) is 13.2 Å². The molecule has 0 unspecified atom stereocenters. The number of fused-ring (bicyclic) bond motifs is 1. The molecule has 3 rings (SSSR count). The Balaban J connectivity index is 1.86. The molecule has 21 heavy (non-hydrogen) atoms. The van der Waals surface area contributed by atoms with Crippen LogP contribution in [-0.4, -0.2) is 44.0 Å². The second-order valence-corrected chi connectivity index (χ2v) is 5.23. The van der Waals surface area contributed by atoms with Crippen molar-refractivity contribution in [2.45, 2.75) is 18.6 Å². The van der Waals surface area contributed by atoms with Crippen LogP contribution in [0.25, 0.3) is 0 Å². The standard InChI is InChI=1S/C14H17F3N2O2/c15-14(16,17)8-11(19-5-3-18-4-6-19)10-1-2-12-13(7-10)21-9-20-12/h1-2,7,11,18H,3-6,8-9H2/t11-/m0/s1. The molecule has 1 aromatic rings. The zero-order valence-corrected chi connectivity index (χ0v) is 11.4. The lowest BCUT2D eigenvalue weighted by molar-refractivity contribution is -0.148. The van der Waals surface area contributed by atoms with E-state index in [1.165, 1.54) is 0 Å². The molecule has 1 atom stereocenters. The first-order valence-electron chi connectivity index (χ1n) is 6.94. The van der Waals surface area contributed by atoms with Crippen LogP contribution in [0.15, 0.2) is 18.2 Å². The van der Waals surface area contributed by atoms with Crippen molar-refractivity contribution in [1.29, 1.82) is 0 Å². The molecular weight excluding hydrogens is 285 g/mol. The lowest BCUT2D eigenvalue weighted by atomic mass is 10.00. The SMILES string of the molecule is FC(F)(F)C[C@@H](c1ccc2c(c1)OCO2)N1CCNCC1. The number of benzene rings is 1. The van der Waals surface area contributed by atoms with Gasteiger partial charge in [0.1, 0.15) is 0 Å². The van der Waals surface area contributed by atoms with Crippen molar-refractivity contribution in [2.24, 2.45) is 0 Å². The van der Waals surface area contributed by atoms with Gasteiger partial charge in [0.2, 0.25) is 6.79 Å². The van der Waals surface area contributed by atoms with E-state index in [2.05, 4.69) is 5.32 Å². The third-order valence-electron chi connectivity index (χ3n) is 3.80. The Morgan fingerprint density at radius 1 is 1.14 bits per heavy atom. The molecular formula is C14H17F3N2O2. The van der Waals surface area contributed by atoms with Crippen LogP contribution in [0, 0.1) is 0 Å². The van der Waals surface area contributed by atoms with Crippen LogP contribution in [0.2, 0.25) is 0 Å². The van der Waals surface area contributed by atoms with Gasteiger partial charge in [-0.3, -0.25) is 4.90 Å². The fourth-order valence-corrected chi connectivity index (χ4v) is 2.79. The van der Waals surface area contributed by atoms with Crippen molar-refractivity contribution in [2.75, 3.05) is 33.0 Å². The molecule has 2 aliphatic heterocycles. The molecule has 1 N–H and O–H groups in total. The molecule has 0 aliphatic carbocycles. The zero-order chi connectivity index (χ0) is 14.9. The lowest BCUT2D eigenvalue weighted by Crippen LogP contribution is -2.46. The molecule has 0 bridgehead atoms. The van der Waals surface area contributed by atoms with E-state index >= 15 is 0 Å². The third kappa shape index (κ3) is 3.41. The zero-order valence-electron chi connectivity index (χ0n) is 11.4. The summed E-state index contributed by atoms with van der Waals surface area (Å²) in [6.07, 6.45) is -5.06. The third-order valence-corrected chi connectivity index (χ3v) is 3.80. The van der Waals surface area contributed by atoms with Crippen molar-refractivity contribution >= 4 is 0 Å². The van der Waals surface area contributed by atoms with E-state index < -0.39 is 18.6 Å². The number of nitrogens with zero attached hydrogens (tertiary/aromatic N) is 1. The summed E-state index contributed by atoms with van der Waals surface area (Å²) in [5.41, 5.74) is 0.624. The van der Waals surface area contributed by atoms with Crippen molar-refractivity contribution in [1.82, 2.24) is 10.2 Å². The molecule has 2 heterocycles. The largest absolute Gasteiger partial charge is 0.454 e. The van der Waals surface area contributed by atoms with Crippen LogP contribution in [-0.2, 0) is 0 Å². The second kappa shape index (κ2) is 5.73. The van der Waals surface area contributed by atoms with E-state index in [0.717, 1.165) is 0 Å². The quantitative estimate of drug-likeness (QED) is 0.929. The summed E-state index contributed by atoms with van der Waals surface area (Å²) in [5.74, 6) is 1.11. The minimum Gasteiger partial charge on any atom is -0.454 e. The van der Waals surface area contributed by atoms with Gasteiger partial charge in [-0.15, -0.1) is 0 Å². The van der Waals surface area contributed by atoms with Gasteiger partial charge in [-0.25, -0.2) is 0 Å². The fraction of sp³-hybridized carbons (Fsp3) is 0.571. The summed E-state index contributed by atoms with van der Waals surface area (Å²) in [6, 6.07) is 4.37. The highest BCUT2D eigenvalue weighted by Crippen LogP contribution is 2.39. The summed E-state index contributed by atoms with van der Waals surface area (Å²) in [5, 5.41) is 3.16. The van der Waals surface area contributed by atoms with Crippen LogP contribution in [0.4, 0.5) is 13.2 Å². The average Bonchev–Trinajstić information content (AvgIpc) is 2.92. The average molecular weight is 302 g/mol. The molecule has 0 amide bonds. The predicted octanol–water partition coefficient (Wildman–Crippen LogP) is 2.31. The molecule has 7 heteroatoms. The van der Waals surface area contributed by atoms with Crippen molar-refractivity contribution in [3.63, 3.8) is 0 Å². The maximum atomic E-state index is 12.9. The van der Waals surface area contributed by atoms with E-state index in [1.54, 1.807) is 18.2 Å². The van der Waals surface area contributed by atoms with Gasteiger partial charge in [0.15, 0.2) is 11.5 Å². The number of ether oxygens (including phenoxy) is 2. The Morgan fingerprint density at radius 3 is 2.57 bits per heavy atom. The fourth-order valence-electron chi connectivity index (χ4n) is 2.79. The Bertz CT molecular complexity index is 501. The van der Waals surface area contributed by atoms with Gasteiger partial charge in [0.05, 0.1) is 6.42 Å². The Kier molecular flexibility index (Phi) is 3.95. The lowest BCUT2D eigenvalue weighted by Gasteiger charge is -2.35.